The van der Waals surface area contributed by atoms with Gasteiger partial charge in [-0.3, -0.25) is 10.1 Å². The molecule has 0 unspecified atom stereocenters. The predicted molar refractivity (Wildman–Crippen MR) is 117 cm³/mol. The van der Waals surface area contributed by atoms with Gasteiger partial charge in [0, 0.05) is 53.0 Å². The van der Waals surface area contributed by atoms with Gasteiger partial charge in [0.05, 0.1) is 10.6 Å². The highest BCUT2D eigenvalue weighted by molar-refractivity contribution is 6.12. The summed E-state index contributed by atoms with van der Waals surface area (Å²) in [5.74, 6) is 0.261. The summed E-state index contributed by atoms with van der Waals surface area (Å²) in [7, 11) is 0. The van der Waals surface area contributed by atoms with Crippen molar-refractivity contribution in [3.8, 4) is 0 Å². The summed E-state index contributed by atoms with van der Waals surface area (Å²) >= 11 is 0. The zero-order valence-corrected chi connectivity index (χ0v) is 17.3. The number of aromatic nitrogens is 1. The summed E-state index contributed by atoms with van der Waals surface area (Å²) in [4.78, 5) is 27.2. The van der Waals surface area contributed by atoms with Crippen LogP contribution in [0.4, 0.5) is 5.69 Å². The van der Waals surface area contributed by atoms with Crippen molar-refractivity contribution in [2.75, 3.05) is 0 Å². The van der Waals surface area contributed by atoms with Gasteiger partial charge < -0.3 is 9.40 Å². The third kappa shape index (κ3) is 3.79. The molecule has 0 bridgehead atoms. The van der Waals surface area contributed by atoms with Gasteiger partial charge in [0.25, 0.3) is 5.69 Å². The number of aryl methyl sites for hydroxylation is 1. The first-order valence-electron chi connectivity index (χ1n) is 10.4. The predicted octanol–water partition coefficient (Wildman–Crippen LogP) is 5.57. The zero-order chi connectivity index (χ0) is 21.3. The average Bonchev–Trinajstić information content (AvgIpc) is 3.01. The highest BCUT2D eigenvalue weighted by Crippen LogP contribution is 2.34. The van der Waals surface area contributed by atoms with Gasteiger partial charge in [-0.25, -0.2) is 4.79 Å². The van der Waals surface area contributed by atoms with E-state index in [0.29, 0.717) is 5.92 Å². The van der Waals surface area contributed by atoms with Crippen molar-refractivity contribution in [1.29, 1.82) is 0 Å². The van der Waals surface area contributed by atoms with Crippen molar-refractivity contribution < 1.29 is 14.6 Å². The van der Waals surface area contributed by atoms with Gasteiger partial charge in [-0.05, 0) is 43.9 Å². The van der Waals surface area contributed by atoms with E-state index in [1.165, 1.54) is 26.2 Å². The minimum absolute atomic E-state index is 0.0712. The van der Waals surface area contributed by atoms with Crippen molar-refractivity contribution in [3.63, 3.8) is 0 Å². The van der Waals surface area contributed by atoms with Crippen molar-refractivity contribution in [1.82, 2.24) is 4.57 Å². The van der Waals surface area contributed by atoms with E-state index in [-0.39, 0.29) is 10.6 Å². The molecule has 1 aliphatic carbocycles. The minimum atomic E-state index is -0.449. The molecule has 156 valence electrons. The molecule has 0 aliphatic heterocycles. The quantitative estimate of drug-likeness (QED) is 0.222. The Morgan fingerprint density at radius 3 is 2.50 bits per heavy atom. The molecule has 4 rings (SSSR count). The van der Waals surface area contributed by atoms with E-state index < -0.39 is 5.97 Å². The molecule has 0 amide bonds. The Morgan fingerprint density at radius 2 is 1.90 bits per heavy atom. The van der Waals surface area contributed by atoms with Crippen molar-refractivity contribution in [2.24, 2.45) is 11.1 Å². The SMILES string of the molecule is CCn1c2ccc(/C(CCC3CCC3)=N/OC(C)=O)cc2c2cc([N+](=O)[O-])ccc21. The number of hydrogen-bond acceptors (Lipinski definition) is 5. The van der Waals surface area contributed by atoms with Crippen LogP contribution in [0, 0.1) is 16.0 Å². The van der Waals surface area contributed by atoms with Gasteiger partial charge >= 0.3 is 5.97 Å². The summed E-state index contributed by atoms with van der Waals surface area (Å²) in [6, 6.07) is 11.0. The molecule has 7 nitrogen and oxygen atoms in total. The lowest BCUT2D eigenvalue weighted by molar-refractivity contribution is -0.384. The van der Waals surface area contributed by atoms with E-state index in [9.17, 15) is 14.9 Å². The summed E-state index contributed by atoms with van der Waals surface area (Å²) in [5, 5.41) is 17.2. The van der Waals surface area contributed by atoms with Gasteiger partial charge in [0.2, 0.25) is 0 Å². The Labute approximate surface area is 174 Å². The normalized spacial score (nSPS) is 14.8. The van der Waals surface area contributed by atoms with Crippen molar-refractivity contribution >= 4 is 39.2 Å². The molecular weight excluding hydrogens is 382 g/mol. The van der Waals surface area contributed by atoms with Crippen LogP contribution in [0.2, 0.25) is 0 Å². The van der Waals surface area contributed by atoms with E-state index in [1.807, 2.05) is 18.2 Å². The zero-order valence-electron chi connectivity index (χ0n) is 17.3. The van der Waals surface area contributed by atoms with Crippen LogP contribution in [-0.4, -0.2) is 21.2 Å². The summed E-state index contributed by atoms with van der Waals surface area (Å²) in [6.45, 7) is 4.15. The molecule has 0 saturated heterocycles. The lowest BCUT2D eigenvalue weighted by atomic mass is 9.81. The van der Waals surface area contributed by atoms with Crippen LogP contribution in [0.3, 0.4) is 0 Å². The van der Waals surface area contributed by atoms with Gasteiger partial charge in [-0.1, -0.05) is 30.5 Å². The number of benzene rings is 2. The lowest BCUT2D eigenvalue weighted by Gasteiger charge is -2.25. The first-order chi connectivity index (χ1) is 14.5. The number of non-ortho nitro benzene ring substituents is 1. The Balaban J connectivity index is 1.81. The largest absolute Gasteiger partial charge is 0.341 e. The maximum atomic E-state index is 11.3. The molecule has 1 saturated carbocycles. The molecule has 1 aliphatic rings. The Kier molecular flexibility index (Phi) is 5.53. The monoisotopic (exact) mass is 407 g/mol. The second-order valence-corrected chi connectivity index (χ2v) is 7.89. The summed E-state index contributed by atoms with van der Waals surface area (Å²) in [5.41, 5.74) is 3.67. The van der Waals surface area contributed by atoms with Crippen LogP contribution < -0.4 is 0 Å². The van der Waals surface area contributed by atoms with Gasteiger partial charge in [-0.15, -0.1) is 0 Å². The maximum Gasteiger partial charge on any atom is 0.331 e. The standard InChI is InChI=1S/C23H25N3O4/c1-3-25-22-11-8-17(21(24-30-15(2)27)10-7-16-5-4-6-16)13-19(22)20-14-18(26(28)29)9-12-23(20)25/h8-9,11-14,16H,3-7,10H2,1-2H3/b24-21+. The second kappa shape index (κ2) is 8.26. The number of fused-ring (bicyclic) bond motifs is 3. The van der Waals surface area contributed by atoms with E-state index >= 15 is 0 Å². The molecular formula is C23H25N3O4. The van der Waals surface area contributed by atoms with E-state index in [2.05, 4.69) is 16.6 Å². The Morgan fingerprint density at radius 1 is 1.20 bits per heavy atom. The number of hydrogen-bond donors (Lipinski definition) is 0. The molecule has 0 spiro atoms. The number of nitro benzene ring substituents is 1. The molecule has 7 heteroatoms. The molecule has 0 radical (unpaired) electrons. The molecule has 1 fully saturated rings. The second-order valence-electron chi connectivity index (χ2n) is 7.89. The van der Waals surface area contributed by atoms with Gasteiger partial charge in [0.15, 0.2) is 0 Å². The number of nitro groups is 1. The van der Waals surface area contributed by atoms with Crippen molar-refractivity contribution in [3.05, 3.63) is 52.1 Å². The number of oxime groups is 1. The van der Waals surface area contributed by atoms with Crippen LogP contribution in [0.5, 0.6) is 0 Å². The molecule has 0 atom stereocenters. The third-order valence-electron chi connectivity index (χ3n) is 6.01. The number of carbonyl (C=O) groups excluding carboxylic acids is 1. The van der Waals surface area contributed by atoms with E-state index in [1.54, 1.807) is 18.2 Å². The topological polar surface area (TPSA) is 86.7 Å². The van der Waals surface area contributed by atoms with Crippen LogP contribution >= 0.6 is 0 Å². The van der Waals surface area contributed by atoms with Crippen LogP contribution in [0.25, 0.3) is 21.8 Å². The fourth-order valence-electron chi connectivity index (χ4n) is 4.21. The third-order valence-corrected chi connectivity index (χ3v) is 6.01. The summed E-state index contributed by atoms with van der Waals surface area (Å²) < 4.78 is 2.15. The lowest BCUT2D eigenvalue weighted by Crippen LogP contribution is -2.14. The van der Waals surface area contributed by atoms with Crippen molar-refractivity contribution in [2.45, 2.75) is 52.5 Å². The van der Waals surface area contributed by atoms with Crippen LogP contribution in [0.15, 0.2) is 41.6 Å². The molecule has 1 aromatic heterocycles. The van der Waals surface area contributed by atoms with E-state index in [0.717, 1.165) is 52.5 Å². The van der Waals surface area contributed by atoms with Crippen LogP contribution in [0.1, 0.15) is 51.5 Å². The fourth-order valence-corrected chi connectivity index (χ4v) is 4.21. The number of nitrogens with zero attached hydrogens (tertiary/aromatic N) is 3. The van der Waals surface area contributed by atoms with Gasteiger partial charge in [0.1, 0.15) is 0 Å². The average molecular weight is 407 g/mol. The smallest absolute Gasteiger partial charge is 0.331 e. The van der Waals surface area contributed by atoms with Gasteiger partial charge in [-0.2, -0.15) is 0 Å². The van der Waals surface area contributed by atoms with E-state index in [4.69, 9.17) is 4.84 Å². The highest BCUT2D eigenvalue weighted by atomic mass is 16.7. The molecule has 0 N–H and O–H groups in total. The Hall–Kier alpha value is -3.22. The molecule has 30 heavy (non-hydrogen) atoms. The Bertz CT molecular complexity index is 1160. The molecule has 1 heterocycles. The minimum Gasteiger partial charge on any atom is -0.341 e. The highest BCUT2D eigenvalue weighted by Gasteiger charge is 2.20. The molecule has 3 aromatic rings. The number of carbonyl (C=O) groups is 1. The maximum absolute atomic E-state index is 11.3. The first-order valence-corrected chi connectivity index (χ1v) is 10.4. The van der Waals surface area contributed by atoms with Crippen LogP contribution in [-0.2, 0) is 16.2 Å². The number of rotatable bonds is 7. The summed E-state index contributed by atoms with van der Waals surface area (Å²) in [6.07, 6.45) is 5.51. The first kappa shape index (κ1) is 20.1. The molecule has 2 aromatic carbocycles. The fraction of sp³-hybridized carbons (Fsp3) is 0.391.